The van der Waals surface area contributed by atoms with Crippen LogP contribution in [0.15, 0.2) is 83.8 Å². The molecule has 0 heterocycles. The fourth-order valence-electron chi connectivity index (χ4n) is 2.74. The summed E-state index contributed by atoms with van der Waals surface area (Å²) in [5.74, 6) is -0.782. The van der Waals surface area contributed by atoms with Crippen LogP contribution in [0.2, 0.25) is 0 Å². The van der Waals surface area contributed by atoms with Gasteiger partial charge in [-0.2, -0.15) is 0 Å². The lowest BCUT2D eigenvalue weighted by Crippen LogP contribution is -2.21. The van der Waals surface area contributed by atoms with Gasteiger partial charge in [0.15, 0.2) is 6.61 Å². The molecule has 0 atom stereocenters. The van der Waals surface area contributed by atoms with Gasteiger partial charge in [-0.05, 0) is 35.1 Å². The molecule has 1 N–H and O–H groups in total. The van der Waals surface area contributed by atoms with Crippen molar-refractivity contribution in [1.29, 1.82) is 0 Å². The van der Waals surface area contributed by atoms with E-state index in [1.165, 1.54) is 0 Å². The Bertz CT molecular complexity index is 940. The molecule has 5 heteroatoms. The molecule has 0 aliphatic carbocycles. The first-order chi connectivity index (χ1) is 13.7. The van der Waals surface area contributed by atoms with Gasteiger partial charge < -0.3 is 10.1 Å². The lowest BCUT2D eigenvalue weighted by molar-refractivity contribution is -0.146. The van der Waals surface area contributed by atoms with Crippen LogP contribution in [-0.2, 0) is 20.7 Å². The molecule has 142 valence electrons. The molecule has 0 saturated carbocycles. The van der Waals surface area contributed by atoms with Gasteiger partial charge in [0.05, 0.1) is 12.1 Å². The highest BCUT2D eigenvalue weighted by molar-refractivity contribution is 7.98. The summed E-state index contributed by atoms with van der Waals surface area (Å²) in [6, 6.07) is 25.3. The first-order valence-corrected chi connectivity index (χ1v) is 10.1. The molecule has 3 rings (SSSR count). The molecule has 3 aromatic rings. The van der Waals surface area contributed by atoms with Gasteiger partial charge >= 0.3 is 5.97 Å². The highest BCUT2D eigenvalue weighted by Gasteiger charge is 2.10. The molecule has 4 nitrogen and oxygen atoms in total. The predicted molar refractivity (Wildman–Crippen MR) is 113 cm³/mol. The third kappa shape index (κ3) is 5.47. The van der Waals surface area contributed by atoms with Gasteiger partial charge in [0, 0.05) is 4.90 Å². The number of anilines is 1. The van der Waals surface area contributed by atoms with Crippen LogP contribution in [0, 0.1) is 0 Å². The number of carbonyl (C=O) groups is 2. The lowest BCUT2D eigenvalue weighted by atomic mass is 10.0. The van der Waals surface area contributed by atoms with Gasteiger partial charge in [0.2, 0.25) is 0 Å². The number of esters is 1. The van der Waals surface area contributed by atoms with Gasteiger partial charge in [-0.3, -0.25) is 9.59 Å². The molecule has 0 aliphatic heterocycles. The van der Waals surface area contributed by atoms with Gasteiger partial charge in [-0.15, -0.1) is 11.8 Å². The second kappa shape index (κ2) is 9.76. The van der Waals surface area contributed by atoms with Crippen LogP contribution >= 0.6 is 11.8 Å². The SMILES string of the molecule is CSc1ccccc1NC(=O)COC(=O)Cc1ccc(-c2ccccc2)cc1. The molecular formula is C23H21NO3S. The third-order valence-electron chi connectivity index (χ3n) is 4.15. The van der Waals surface area contributed by atoms with E-state index in [4.69, 9.17) is 4.74 Å². The summed E-state index contributed by atoms with van der Waals surface area (Å²) < 4.78 is 5.11. The summed E-state index contributed by atoms with van der Waals surface area (Å²) in [6.07, 6.45) is 2.07. The zero-order valence-corrected chi connectivity index (χ0v) is 16.4. The fraction of sp³-hybridized carbons (Fsp3) is 0.130. The van der Waals surface area contributed by atoms with Crippen molar-refractivity contribution in [1.82, 2.24) is 0 Å². The molecule has 0 spiro atoms. The Hall–Kier alpha value is -3.05. The van der Waals surface area contributed by atoms with Gasteiger partial charge in [-0.25, -0.2) is 0 Å². The summed E-state index contributed by atoms with van der Waals surface area (Å²) in [5.41, 5.74) is 3.77. The second-order valence-corrected chi connectivity index (χ2v) is 7.00. The minimum atomic E-state index is -0.430. The van der Waals surface area contributed by atoms with E-state index in [0.717, 1.165) is 21.6 Å². The number of rotatable bonds is 7. The standard InChI is InChI=1S/C23H21NO3S/c1-28-21-10-6-5-9-20(21)24-22(25)16-27-23(26)15-17-11-13-19(14-12-17)18-7-3-2-4-8-18/h2-14H,15-16H2,1H3,(H,24,25). The van der Waals surface area contributed by atoms with E-state index in [-0.39, 0.29) is 18.9 Å². The van der Waals surface area contributed by atoms with Crippen LogP contribution in [0.5, 0.6) is 0 Å². The number of para-hydroxylation sites is 1. The Balaban J connectivity index is 1.49. The largest absolute Gasteiger partial charge is 0.455 e. The molecular weight excluding hydrogens is 370 g/mol. The first kappa shape index (κ1) is 19.7. The van der Waals surface area contributed by atoms with Crippen molar-refractivity contribution in [2.75, 3.05) is 18.2 Å². The Morgan fingerprint density at radius 1 is 0.857 bits per heavy atom. The van der Waals surface area contributed by atoms with Crippen LogP contribution in [0.25, 0.3) is 11.1 Å². The zero-order chi connectivity index (χ0) is 19.8. The molecule has 0 radical (unpaired) electrons. The van der Waals surface area contributed by atoms with Crippen LogP contribution in [0.1, 0.15) is 5.56 Å². The number of carbonyl (C=O) groups excluding carboxylic acids is 2. The van der Waals surface area contributed by atoms with E-state index in [0.29, 0.717) is 5.69 Å². The number of ether oxygens (including phenoxy) is 1. The summed E-state index contributed by atoms with van der Waals surface area (Å²) in [5, 5.41) is 2.77. The predicted octanol–water partition coefficient (Wildman–Crippen LogP) is 4.80. The molecule has 0 fully saturated rings. The van der Waals surface area contributed by atoms with Crippen molar-refractivity contribution in [2.45, 2.75) is 11.3 Å². The van der Waals surface area contributed by atoms with Crippen LogP contribution in [0.4, 0.5) is 5.69 Å². The van der Waals surface area contributed by atoms with Crippen molar-refractivity contribution in [3.8, 4) is 11.1 Å². The number of amides is 1. The van der Waals surface area contributed by atoms with Crippen molar-refractivity contribution in [3.05, 3.63) is 84.4 Å². The van der Waals surface area contributed by atoms with E-state index in [1.54, 1.807) is 11.8 Å². The Morgan fingerprint density at radius 2 is 1.50 bits per heavy atom. The number of hydrogen-bond donors (Lipinski definition) is 1. The Morgan fingerprint density at radius 3 is 2.21 bits per heavy atom. The monoisotopic (exact) mass is 391 g/mol. The van der Waals surface area contributed by atoms with Crippen LogP contribution in [0.3, 0.4) is 0 Å². The normalized spacial score (nSPS) is 10.3. The van der Waals surface area contributed by atoms with E-state index in [9.17, 15) is 9.59 Å². The summed E-state index contributed by atoms with van der Waals surface area (Å²) >= 11 is 1.54. The maximum absolute atomic E-state index is 12.0. The van der Waals surface area contributed by atoms with Crippen molar-refractivity contribution in [2.24, 2.45) is 0 Å². The minimum Gasteiger partial charge on any atom is -0.455 e. The zero-order valence-electron chi connectivity index (χ0n) is 15.6. The molecule has 28 heavy (non-hydrogen) atoms. The van der Waals surface area contributed by atoms with E-state index >= 15 is 0 Å². The van der Waals surface area contributed by atoms with Crippen LogP contribution in [-0.4, -0.2) is 24.7 Å². The fourth-order valence-corrected chi connectivity index (χ4v) is 3.30. The summed E-state index contributed by atoms with van der Waals surface area (Å²) in [4.78, 5) is 25.0. The minimum absolute atomic E-state index is 0.129. The number of thioether (sulfide) groups is 1. The number of hydrogen-bond acceptors (Lipinski definition) is 4. The average Bonchev–Trinajstić information content (AvgIpc) is 2.74. The molecule has 3 aromatic carbocycles. The highest BCUT2D eigenvalue weighted by atomic mass is 32.2. The van der Waals surface area contributed by atoms with E-state index < -0.39 is 5.97 Å². The summed E-state index contributed by atoms with van der Waals surface area (Å²) in [7, 11) is 0. The van der Waals surface area contributed by atoms with E-state index in [1.807, 2.05) is 85.1 Å². The molecule has 0 saturated heterocycles. The molecule has 0 aliphatic rings. The summed E-state index contributed by atoms with van der Waals surface area (Å²) in [6.45, 7) is -0.302. The molecule has 0 aromatic heterocycles. The first-order valence-electron chi connectivity index (χ1n) is 8.88. The number of nitrogens with one attached hydrogen (secondary N) is 1. The van der Waals surface area contributed by atoms with Crippen molar-refractivity contribution < 1.29 is 14.3 Å². The molecule has 0 bridgehead atoms. The lowest BCUT2D eigenvalue weighted by Gasteiger charge is -2.10. The van der Waals surface area contributed by atoms with Gasteiger partial charge in [0.1, 0.15) is 0 Å². The van der Waals surface area contributed by atoms with Gasteiger partial charge in [-0.1, -0.05) is 66.7 Å². The maximum Gasteiger partial charge on any atom is 0.310 e. The smallest absolute Gasteiger partial charge is 0.310 e. The molecule has 1 amide bonds. The number of benzene rings is 3. The quantitative estimate of drug-likeness (QED) is 0.464. The Labute approximate surface area is 168 Å². The maximum atomic E-state index is 12.0. The average molecular weight is 391 g/mol. The van der Waals surface area contributed by atoms with Crippen molar-refractivity contribution >= 4 is 29.3 Å². The topological polar surface area (TPSA) is 55.4 Å². The third-order valence-corrected chi connectivity index (χ3v) is 4.95. The van der Waals surface area contributed by atoms with Crippen molar-refractivity contribution in [3.63, 3.8) is 0 Å². The van der Waals surface area contributed by atoms with Crippen LogP contribution < -0.4 is 5.32 Å². The Kier molecular flexibility index (Phi) is 6.87. The molecule has 0 unspecified atom stereocenters. The second-order valence-electron chi connectivity index (χ2n) is 6.15. The van der Waals surface area contributed by atoms with E-state index in [2.05, 4.69) is 5.32 Å². The van der Waals surface area contributed by atoms with Gasteiger partial charge in [0.25, 0.3) is 5.91 Å². The highest BCUT2D eigenvalue weighted by Crippen LogP contribution is 2.24.